The Hall–Kier alpha value is -5.77. The van der Waals surface area contributed by atoms with Gasteiger partial charge >= 0.3 is 0 Å². The average molecular weight is 694 g/mol. The molecule has 1 N–H and O–H groups in total. The van der Waals surface area contributed by atoms with Gasteiger partial charge in [0.1, 0.15) is 47.1 Å². The van der Waals surface area contributed by atoms with Gasteiger partial charge in [-0.2, -0.15) is 5.10 Å². The third kappa shape index (κ3) is 5.37. The van der Waals surface area contributed by atoms with E-state index in [2.05, 4.69) is 30.4 Å². The Kier molecular flexibility index (Phi) is 7.49. The number of carbonyl (C=O) groups is 1. The Morgan fingerprint density at radius 2 is 1.92 bits per heavy atom. The number of imidazole rings is 1. The molecule has 0 radical (unpaired) electrons. The molecule has 14 nitrogen and oxygen atoms in total. The quantitative estimate of drug-likeness (QED) is 0.289. The highest BCUT2D eigenvalue weighted by atomic mass is 19.1. The zero-order valence-electron chi connectivity index (χ0n) is 27.8. The highest BCUT2D eigenvalue weighted by Gasteiger charge is 2.42. The molecule has 51 heavy (non-hydrogen) atoms. The number of ether oxygens (including phenoxy) is 2. The summed E-state index contributed by atoms with van der Waals surface area (Å²) < 4.78 is 44.5. The highest BCUT2D eigenvalue weighted by molar-refractivity contribution is 5.94. The molecule has 4 aromatic heterocycles. The minimum atomic E-state index is -0.593. The third-order valence-electron chi connectivity index (χ3n) is 9.88. The maximum Gasteiger partial charge on any atom is 0.245 e. The van der Waals surface area contributed by atoms with Gasteiger partial charge in [-0.15, -0.1) is 0 Å². The Morgan fingerprint density at radius 1 is 1.02 bits per heavy atom. The van der Waals surface area contributed by atoms with Crippen LogP contribution in [-0.2, 0) is 16.1 Å². The fraction of sp³-hybridized carbons (Fsp3) is 0.343. The number of halogens is 2. The Balaban J connectivity index is 1.15. The van der Waals surface area contributed by atoms with Crippen LogP contribution in [0.15, 0.2) is 55.1 Å². The first kappa shape index (κ1) is 31.2. The van der Waals surface area contributed by atoms with E-state index in [0.717, 1.165) is 5.52 Å². The molecule has 3 aliphatic heterocycles. The number of benzene rings is 2. The van der Waals surface area contributed by atoms with Gasteiger partial charge in [-0.05, 0) is 44.0 Å². The molecular formula is C35H33F2N11O3. The number of anilines is 2. The lowest BCUT2D eigenvalue weighted by atomic mass is 10.1. The fourth-order valence-corrected chi connectivity index (χ4v) is 7.62. The molecule has 6 bridgehead atoms. The van der Waals surface area contributed by atoms with Crippen LogP contribution in [0.3, 0.4) is 0 Å². The minimum absolute atomic E-state index is 0.0475. The average Bonchev–Trinajstić information content (AvgIpc) is 3.77. The fourth-order valence-electron chi connectivity index (χ4n) is 7.62. The first-order valence-electron chi connectivity index (χ1n) is 16.8. The Labute approximate surface area is 290 Å². The van der Waals surface area contributed by atoms with Crippen LogP contribution in [0, 0.1) is 18.6 Å². The van der Waals surface area contributed by atoms with Crippen molar-refractivity contribution in [2.75, 3.05) is 43.6 Å². The van der Waals surface area contributed by atoms with E-state index >= 15 is 4.39 Å². The second-order valence-electron chi connectivity index (χ2n) is 13.0. The predicted molar refractivity (Wildman–Crippen MR) is 183 cm³/mol. The molecule has 260 valence electrons. The van der Waals surface area contributed by atoms with Crippen LogP contribution < -0.4 is 15.0 Å². The van der Waals surface area contributed by atoms with Crippen molar-refractivity contribution < 1.29 is 23.0 Å². The number of aryl methyl sites for hydroxylation is 1. The van der Waals surface area contributed by atoms with Crippen molar-refractivity contribution in [3.05, 3.63) is 72.6 Å². The van der Waals surface area contributed by atoms with E-state index in [4.69, 9.17) is 14.5 Å². The van der Waals surface area contributed by atoms with E-state index in [9.17, 15) is 9.18 Å². The lowest BCUT2D eigenvalue weighted by molar-refractivity contribution is -0.133. The molecule has 3 atom stereocenters. The van der Waals surface area contributed by atoms with Crippen LogP contribution in [0.4, 0.5) is 20.5 Å². The molecule has 16 heteroatoms. The van der Waals surface area contributed by atoms with Gasteiger partial charge in [0.15, 0.2) is 5.65 Å². The molecule has 9 rings (SSSR count). The molecule has 0 unspecified atom stereocenters. The minimum Gasteiger partial charge on any atom is -0.494 e. The number of hydrogen-bond donors (Lipinski definition) is 1. The van der Waals surface area contributed by atoms with Crippen molar-refractivity contribution in [1.82, 2.24) is 44.2 Å². The lowest BCUT2D eigenvalue weighted by Crippen LogP contribution is -2.48. The van der Waals surface area contributed by atoms with E-state index in [1.54, 1.807) is 29.2 Å². The molecule has 0 spiro atoms. The van der Waals surface area contributed by atoms with E-state index in [-0.39, 0.29) is 18.1 Å². The standard InChI is InChI=1S/C35H33F2N11O3/c1-19-42-27-11-21(37)10-24-26-6-7-38-35(44-26)43-22-13-29(34(49)45-8-3-9-51-23(16-45)17-46(19)31(24)27)47(15-22)32-25-14-41-48(33(25)40-18-39-32)28-5-4-20(36)12-30(28)50-2/h4-7,10-12,14,18,22-23,29H,3,8-9,13,15-17H2,1-2H3,(H,38,43,44)/t22-,23+,29-/m0/s1. The van der Waals surface area contributed by atoms with Crippen LogP contribution >= 0.6 is 0 Å². The van der Waals surface area contributed by atoms with Gasteiger partial charge in [0.2, 0.25) is 11.9 Å². The van der Waals surface area contributed by atoms with Crippen LogP contribution in [0.2, 0.25) is 0 Å². The summed E-state index contributed by atoms with van der Waals surface area (Å²) in [4.78, 5) is 41.8. The first-order chi connectivity index (χ1) is 24.8. The SMILES string of the molecule is COc1cc(F)ccc1-n1ncc2c(N3C[C@@H]4C[C@H]3C(=O)N3CCCO[C@H](C3)Cn3c(C)nc5cc(F)cc(c53)-c3ccnc(n3)N4)ncnc21. The van der Waals surface area contributed by atoms with E-state index in [1.165, 1.54) is 37.7 Å². The van der Waals surface area contributed by atoms with Crippen molar-refractivity contribution in [2.24, 2.45) is 0 Å². The van der Waals surface area contributed by atoms with E-state index in [1.807, 2.05) is 21.3 Å². The third-order valence-corrected chi connectivity index (χ3v) is 9.88. The number of aromatic nitrogens is 8. The highest BCUT2D eigenvalue weighted by Crippen LogP contribution is 2.35. The summed E-state index contributed by atoms with van der Waals surface area (Å²) in [5, 5.41) is 8.66. The largest absolute Gasteiger partial charge is 0.494 e. The van der Waals surface area contributed by atoms with E-state index < -0.39 is 17.7 Å². The van der Waals surface area contributed by atoms with Crippen molar-refractivity contribution in [3.8, 4) is 22.7 Å². The van der Waals surface area contributed by atoms with Crippen molar-refractivity contribution in [1.29, 1.82) is 0 Å². The van der Waals surface area contributed by atoms with Crippen LogP contribution in [0.1, 0.15) is 18.7 Å². The molecule has 1 amide bonds. The van der Waals surface area contributed by atoms with Gasteiger partial charge in [0, 0.05) is 56.2 Å². The monoisotopic (exact) mass is 693 g/mol. The van der Waals surface area contributed by atoms with Crippen molar-refractivity contribution in [3.63, 3.8) is 0 Å². The summed E-state index contributed by atoms with van der Waals surface area (Å²) >= 11 is 0. The van der Waals surface area contributed by atoms with Crippen molar-refractivity contribution >= 4 is 39.7 Å². The maximum absolute atomic E-state index is 15.0. The van der Waals surface area contributed by atoms with Gasteiger partial charge < -0.3 is 29.2 Å². The summed E-state index contributed by atoms with van der Waals surface area (Å²) in [6.45, 7) is 4.08. The second kappa shape index (κ2) is 12.2. The summed E-state index contributed by atoms with van der Waals surface area (Å²) in [6, 6.07) is 8.01. The number of methoxy groups -OCH3 is 1. The number of rotatable bonds is 3. The lowest BCUT2D eigenvalue weighted by Gasteiger charge is -2.31. The summed E-state index contributed by atoms with van der Waals surface area (Å²) in [5.41, 5.74) is 3.39. The number of nitrogens with one attached hydrogen (secondary N) is 1. The van der Waals surface area contributed by atoms with Gasteiger partial charge in [0.05, 0.1) is 48.1 Å². The van der Waals surface area contributed by atoms with E-state index in [0.29, 0.717) is 102 Å². The van der Waals surface area contributed by atoms with Crippen molar-refractivity contribution in [2.45, 2.75) is 44.5 Å². The smallest absolute Gasteiger partial charge is 0.245 e. The molecule has 0 saturated carbocycles. The zero-order valence-corrected chi connectivity index (χ0v) is 27.8. The Bertz CT molecular complexity index is 2330. The molecule has 2 saturated heterocycles. The summed E-state index contributed by atoms with van der Waals surface area (Å²) in [6.07, 6.45) is 5.50. The first-order valence-corrected chi connectivity index (χ1v) is 16.8. The second-order valence-corrected chi connectivity index (χ2v) is 13.0. The van der Waals surface area contributed by atoms with Gasteiger partial charge in [-0.25, -0.2) is 38.4 Å². The molecule has 7 heterocycles. The number of amides is 1. The van der Waals surface area contributed by atoms with Gasteiger partial charge in [-0.1, -0.05) is 0 Å². The summed E-state index contributed by atoms with van der Waals surface area (Å²) in [5.74, 6) is 0.986. The molecule has 6 aromatic rings. The van der Waals surface area contributed by atoms with Crippen LogP contribution in [0.5, 0.6) is 5.75 Å². The summed E-state index contributed by atoms with van der Waals surface area (Å²) in [7, 11) is 1.47. The normalized spacial score (nSPS) is 20.6. The molecular weight excluding hydrogens is 660 g/mol. The van der Waals surface area contributed by atoms with Crippen LogP contribution in [0.25, 0.3) is 39.0 Å². The zero-order chi connectivity index (χ0) is 34.8. The Morgan fingerprint density at radius 3 is 2.80 bits per heavy atom. The topological polar surface area (TPSA) is 141 Å². The van der Waals surface area contributed by atoms with Gasteiger partial charge in [0.25, 0.3) is 0 Å². The van der Waals surface area contributed by atoms with Crippen LogP contribution in [-0.4, -0.2) is 102 Å². The molecule has 0 aliphatic carbocycles. The number of hydrogen-bond acceptors (Lipinski definition) is 11. The molecule has 2 fully saturated rings. The molecule has 3 aliphatic rings. The molecule has 2 aromatic carbocycles. The number of fused-ring (bicyclic) bond motifs is 8. The predicted octanol–water partition coefficient (Wildman–Crippen LogP) is 3.91. The number of carbonyl (C=O) groups excluding carboxylic acids is 1. The number of nitrogens with zero attached hydrogens (tertiary/aromatic N) is 10. The van der Waals surface area contributed by atoms with Gasteiger partial charge in [-0.3, -0.25) is 4.79 Å². The maximum atomic E-state index is 15.0.